The lowest BCUT2D eigenvalue weighted by Crippen LogP contribution is -2.41. The first-order valence-corrected chi connectivity index (χ1v) is 7.67. The Balaban J connectivity index is 2.36. The van der Waals surface area contributed by atoms with E-state index in [2.05, 4.69) is 10.2 Å². The number of aryl methyl sites for hydroxylation is 1. The van der Waals surface area contributed by atoms with E-state index in [4.69, 9.17) is 10.5 Å². The first-order valence-electron chi connectivity index (χ1n) is 6.23. The first kappa shape index (κ1) is 14.4. The van der Waals surface area contributed by atoms with Crippen LogP contribution in [0.4, 0.5) is 0 Å². The minimum absolute atomic E-state index is 0.0223. The number of hydrogen-bond donors (Lipinski definition) is 2. The van der Waals surface area contributed by atoms with Gasteiger partial charge in [0.05, 0.1) is 12.1 Å². The van der Waals surface area contributed by atoms with Crippen LogP contribution in [0.5, 0.6) is 0 Å². The molecule has 2 heterocycles. The minimum Gasteiger partial charge on any atom is -0.377 e. The molecule has 3 N–H and O–H groups in total. The minimum atomic E-state index is -3.65. The van der Waals surface area contributed by atoms with Gasteiger partial charge in [-0.3, -0.25) is 5.10 Å². The van der Waals surface area contributed by atoms with E-state index < -0.39 is 10.0 Å². The third kappa shape index (κ3) is 2.40. The van der Waals surface area contributed by atoms with Crippen molar-refractivity contribution in [1.82, 2.24) is 14.5 Å². The van der Waals surface area contributed by atoms with Crippen molar-refractivity contribution >= 4 is 10.0 Å². The number of hydrogen-bond acceptors (Lipinski definition) is 5. The van der Waals surface area contributed by atoms with Crippen LogP contribution in [0.3, 0.4) is 0 Å². The number of nitrogens with zero attached hydrogens (tertiary/aromatic N) is 2. The molecule has 19 heavy (non-hydrogen) atoms. The van der Waals surface area contributed by atoms with Crippen LogP contribution in [-0.2, 0) is 21.3 Å². The normalized spacial score (nSPS) is 24.3. The molecule has 1 aliphatic rings. The van der Waals surface area contributed by atoms with Gasteiger partial charge in [0.1, 0.15) is 0 Å². The van der Waals surface area contributed by atoms with Crippen molar-refractivity contribution in [1.29, 1.82) is 0 Å². The van der Waals surface area contributed by atoms with Gasteiger partial charge in [0.25, 0.3) is 10.0 Å². The maximum atomic E-state index is 12.6. The third-order valence-corrected chi connectivity index (χ3v) is 5.52. The summed E-state index contributed by atoms with van der Waals surface area (Å²) in [6.07, 6.45) is 0.583. The first-order chi connectivity index (χ1) is 8.89. The second kappa shape index (κ2) is 5.20. The van der Waals surface area contributed by atoms with Gasteiger partial charge in [-0.05, 0) is 20.3 Å². The summed E-state index contributed by atoms with van der Waals surface area (Å²) in [6, 6.07) is -0.160. The molecule has 0 amide bonds. The van der Waals surface area contributed by atoms with Crippen molar-refractivity contribution in [2.45, 2.75) is 44.0 Å². The Kier molecular flexibility index (Phi) is 3.95. The predicted molar refractivity (Wildman–Crippen MR) is 70.0 cm³/mol. The van der Waals surface area contributed by atoms with Crippen molar-refractivity contribution in [2.24, 2.45) is 5.73 Å². The Bertz CT molecular complexity index is 554. The average Bonchev–Trinajstić information content (AvgIpc) is 2.94. The highest BCUT2D eigenvalue weighted by Gasteiger charge is 2.37. The molecule has 0 spiro atoms. The zero-order valence-electron chi connectivity index (χ0n) is 11.4. The van der Waals surface area contributed by atoms with Crippen molar-refractivity contribution < 1.29 is 13.2 Å². The third-order valence-electron chi connectivity index (χ3n) is 3.67. The summed E-state index contributed by atoms with van der Waals surface area (Å²) in [5.74, 6) is 0. The van der Waals surface area contributed by atoms with Crippen LogP contribution in [-0.4, -0.2) is 48.7 Å². The monoisotopic (exact) mass is 288 g/mol. The van der Waals surface area contributed by atoms with Gasteiger partial charge in [-0.2, -0.15) is 9.40 Å². The molecule has 1 saturated heterocycles. The molecule has 1 fully saturated rings. The van der Waals surface area contributed by atoms with Crippen LogP contribution >= 0.6 is 0 Å². The van der Waals surface area contributed by atoms with Gasteiger partial charge in [0.15, 0.2) is 5.03 Å². The smallest absolute Gasteiger partial charge is 0.262 e. The van der Waals surface area contributed by atoms with Crippen LogP contribution in [0.15, 0.2) is 5.03 Å². The lowest BCUT2D eigenvalue weighted by atomic mass is 10.2. The Morgan fingerprint density at radius 3 is 2.79 bits per heavy atom. The zero-order valence-corrected chi connectivity index (χ0v) is 12.2. The van der Waals surface area contributed by atoms with Crippen molar-refractivity contribution in [3.8, 4) is 0 Å². The van der Waals surface area contributed by atoms with E-state index >= 15 is 0 Å². The molecule has 1 aromatic heterocycles. The Morgan fingerprint density at radius 1 is 1.58 bits per heavy atom. The van der Waals surface area contributed by atoms with Gasteiger partial charge in [0.2, 0.25) is 0 Å². The molecule has 108 valence electrons. The standard InChI is InChI=1S/C11H20N4O3S/c1-7-9(6-12)11(14-13-7)19(16,17)15(3)10-4-5-18-8(10)2/h8,10H,4-6,12H2,1-3H3,(H,13,14). The number of nitrogens with one attached hydrogen (secondary N) is 1. The molecule has 8 heteroatoms. The SMILES string of the molecule is Cc1[nH]nc(S(=O)(=O)N(C)C2CCOC2C)c1CN. The van der Waals surface area contributed by atoms with Crippen molar-refractivity contribution in [2.75, 3.05) is 13.7 Å². The summed E-state index contributed by atoms with van der Waals surface area (Å²) in [5.41, 5.74) is 6.83. The van der Waals surface area contributed by atoms with Crippen LogP contribution in [0.1, 0.15) is 24.6 Å². The number of H-pyrrole nitrogens is 1. The van der Waals surface area contributed by atoms with E-state index in [0.717, 1.165) is 0 Å². The Morgan fingerprint density at radius 2 is 2.26 bits per heavy atom. The predicted octanol–water partition coefficient (Wildman–Crippen LogP) is -0.0253. The van der Waals surface area contributed by atoms with Crippen molar-refractivity contribution in [3.63, 3.8) is 0 Å². The molecule has 0 aromatic carbocycles. The number of sulfonamides is 1. The van der Waals surface area contributed by atoms with E-state index in [-0.39, 0.29) is 23.7 Å². The highest BCUT2D eigenvalue weighted by molar-refractivity contribution is 7.89. The van der Waals surface area contributed by atoms with Crippen LogP contribution in [0.25, 0.3) is 0 Å². The van der Waals surface area contributed by atoms with Crippen LogP contribution < -0.4 is 5.73 Å². The maximum absolute atomic E-state index is 12.6. The van der Waals surface area contributed by atoms with Crippen LogP contribution in [0, 0.1) is 6.92 Å². The van der Waals surface area contributed by atoms with E-state index in [0.29, 0.717) is 24.3 Å². The summed E-state index contributed by atoms with van der Waals surface area (Å²) in [6.45, 7) is 4.36. The summed E-state index contributed by atoms with van der Waals surface area (Å²) >= 11 is 0. The molecule has 7 nitrogen and oxygen atoms in total. The molecule has 0 bridgehead atoms. The number of rotatable bonds is 4. The lowest BCUT2D eigenvalue weighted by molar-refractivity contribution is 0.102. The van der Waals surface area contributed by atoms with E-state index in [9.17, 15) is 8.42 Å². The fourth-order valence-electron chi connectivity index (χ4n) is 2.40. The molecule has 0 aliphatic carbocycles. The topological polar surface area (TPSA) is 101 Å². The largest absolute Gasteiger partial charge is 0.377 e. The molecule has 1 aliphatic heterocycles. The lowest BCUT2D eigenvalue weighted by Gasteiger charge is -2.25. The molecule has 0 saturated carbocycles. The van der Waals surface area contributed by atoms with Crippen LogP contribution in [0.2, 0.25) is 0 Å². The number of ether oxygens (including phenoxy) is 1. The van der Waals surface area contributed by atoms with Gasteiger partial charge >= 0.3 is 0 Å². The fraction of sp³-hybridized carbons (Fsp3) is 0.727. The van der Waals surface area contributed by atoms with Crippen molar-refractivity contribution in [3.05, 3.63) is 11.3 Å². The second-order valence-corrected chi connectivity index (χ2v) is 6.70. The second-order valence-electron chi connectivity index (χ2n) is 4.79. The van der Waals surface area contributed by atoms with Gasteiger partial charge in [-0.15, -0.1) is 0 Å². The van der Waals surface area contributed by atoms with E-state index in [1.165, 1.54) is 4.31 Å². The van der Waals surface area contributed by atoms with E-state index in [1.807, 2.05) is 6.92 Å². The molecule has 2 atom stereocenters. The molecule has 0 radical (unpaired) electrons. The zero-order chi connectivity index (χ0) is 14.2. The molecular formula is C11H20N4O3S. The highest BCUT2D eigenvalue weighted by Crippen LogP contribution is 2.26. The summed E-state index contributed by atoms with van der Waals surface area (Å²) in [7, 11) is -2.08. The number of likely N-dealkylation sites (N-methyl/N-ethyl adjacent to an activating group) is 1. The number of nitrogens with two attached hydrogens (primary N) is 1. The quantitative estimate of drug-likeness (QED) is 0.810. The number of aromatic amines is 1. The van der Waals surface area contributed by atoms with Gasteiger partial charge in [-0.1, -0.05) is 0 Å². The molecular weight excluding hydrogens is 268 g/mol. The van der Waals surface area contributed by atoms with Gasteiger partial charge in [0, 0.05) is 31.5 Å². The molecule has 2 rings (SSSR count). The fourth-order valence-corrected chi connectivity index (χ4v) is 4.01. The maximum Gasteiger partial charge on any atom is 0.262 e. The molecule has 1 aromatic rings. The summed E-state index contributed by atoms with van der Waals surface area (Å²) in [4.78, 5) is 0. The summed E-state index contributed by atoms with van der Waals surface area (Å²) in [5, 5.41) is 6.61. The van der Waals surface area contributed by atoms with Gasteiger partial charge < -0.3 is 10.5 Å². The highest BCUT2D eigenvalue weighted by atomic mass is 32.2. The van der Waals surface area contributed by atoms with Gasteiger partial charge in [-0.25, -0.2) is 8.42 Å². The average molecular weight is 288 g/mol. The summed E-state index contributed by atoms with van der Waals surface area (Å²) < 4.78 is 31.9. The number of aromatic nitrogens is 2. The van der Waals surface area contributed by atoms with E-state index in [1.54, 1.807) is 14.0 Å². The Labute approximate surface area is 113 Å². The molecule has 2 unspecified atom stereocenters. The Hall–Kier alpha value is -0.960.